The molecule has 1 saturated heterocycles. The summed E-state index contributed by atoms with van der Waals surface area (Å²) in [6.07, 6.45) is 1.19. The molecule has 1 aromatic heterocycles. The summed E-state index contributed by atoms with van der Waals surface area (Å²) in [5, 5.41) is 3.68. The topological polar surface area (TPSA) is 57.2 Å². The second kappa shape index (κ2) is 6.27. The maximum absolute atomic E-state index is 4.55. The quantitative estimate of drug-likeness (QED) is 0.893. The molecule has 1 aromatic rings. The van der Waals surface area contributed by atoms with Gasteiger partial charge in [-0.05, 0) is 6.42 Å². The van der Waals surface area contributed by atoms with Gasteiger partial charge in [0, 0.05) is 45.2 Å². The Morgan fingerprint density at radius 1 is 1.37 bits per heavy atom. The number of anilines is 3. The van der Waals surface area contributed by atoms with Gasteiger partial charge in [0.15, 0.2) is 0 Å². The van der Waals surface area contributed by atoms with Crippen LogP contribution in [-0.2, 0) is 0 Å². The minimum atomic E-state index is 0.625. The molecule has 0 bridgehead atoms. The van der Waals surface area contributed by atoms with E-state index in [-0.39, 0.29) is 0 Å². The molecule has 1 fully saturated rings. The van der Waals surface area contributed by atoms with Crippen LogP contribution >= 0.6 is 11.8 Å². The highest BCUT2D eigenvalue weighted by atomic mass is 32.2. The second-order valence-electron chi connectivity index (χ2n) is 4.75. The molecule has 1 aliphatic heterocycles. The summed E-state index contributed by atoms with van der Waals surface area (Å²) >= 11 is 2.04. The summed E-state index contributed by atoms with van der Waals surface area (Å²) in [6, 6.07) is 0. The van der Waals surface area contributed by atoms with Crippen LogP contribution in [0.1, 0.15) is 13.3 Å². The lowest BCUT2D eigenvalue weighted by Gasteiger charge is -2.32. The Hall–Kier alpha value is -1.24. The molecule has 1 atom stereocenters. The molecule has 0 amide bonds. The van der Waals surface area contributed by atoms with E-state index < -0.39 is 0 Å². The maximum atomic E-state index is 4.55. The molecule has 106 valence electrons. The van der Waals surface area contributed by atoms with Crippen LogP contribution in [0.15, 0.2) is 0 Å². The monoisotopic (exact) mass is 282 g/mol. The fraction of sp³-hybridized carbons (Fsp3) is 0.750. The maximum Gasteiger partial charge on any atom is 0.232 e. The normalized spacial score (nSPS) is 19.4. The number of nitrogens with one attached hydrogen (secondary N) is 1. The van der Waals surface area contributed by atoms with Crippen molar-refractivity contribution in [2.24, 2.45) is 0 Å². The molecule has 2 heterocycles. The number of aromatic nitrogens is 3. The number of thioether (sulfide) groups is 1. The van der Waals surface area contributed by atoms with Gasteiger partial charge in [0.25, 0.3) is 0 Å². The summed E-state index contributed by atoms with van der Waals surface area (Å²) in [5.74, 6) is 3.23. The third kappa shape index (κ3) is 3.40. The van der Waals surface area contributed by atoms with Crippen LogP contribution in [0, 0.1) is 0 Å². The summed E-state index contributed by atoms with van der Waals surface area (Å²) < 4.78 is 0. The molecular formula is C12H22N6S. The first kappa shape index (κ1) is 14.2. The van der Waals surface area contributed by atoms with E-state index in [2.05, 4.69) is 32.1 Å². The molecule has 0 radical (unpaired) electrons. The van der Waals surface area contributed by atoms with Crippen LogP contribution in [-0.4, -0.2) is 60.2 Å². The van der Waals surface area contributed by atoms with E-state index in [4.69, 9.17) is 0 Å². The first-order chi connectivity index (χ1) is 9.13. The van der Waals surface area contributed by atoms with Gasteiger partial charge in [-0.3, -0.25) is 0 Å². The van der Waals surface area contributed by atoms with Crippen LogP contribution in [0.3, 0.4) is 0 Å². The Morgan fingerprint density at radius 2 is 2.16 bits per heavy atom. The molecule has 0 spiro atoms. The van der Waals surface area contributed by atoms with Crippen molar-refractivity contribution in [3.8, 4) is 0 Å². The fourth-order valence-electron chi connectivity index (χ4n) is 1.96. The predicted octanol–water partition coefficient (Wildman–Crippen LogP) is 1.31. The Labute approximate surface area is 119 Å². The van der Waals surface area contributed by atoms with Gasteiger partial charge < -0.3 is 15.1 Å². The van der Waals surface area contributed by atoms with E-state index in [0.29, 0.717) is 17.1 Å². The van der Waals surface area contributed by atoms with Gasteiger partial charge in [0.05, 0.1) is 0 Å². The SMILES string of the molecule is CCC1CN(c2nc(NC)nc(N(C)C)n2)CCS1. The Kier molecular flexibility index (Phi) is 4.68. The van der Waals surface area contributed by atoms with E-state index in [1.165, 1.54) is 6.42 Å². The molecule has 6 nitrogen and oxygen atoms in total. The van der Waals surface area contributed by atoms with E-state index >= 15 is 0 Å². The van der Waals surface area contributed by atoms with Crippen molar-refractivity contribution in [2.45, 2.75) is 18.6 Å². The van der Waals surface area contributed by atoms with Gasteiger partial charge in [0.1, 0.15) is 0 Å². The minimum Gasteiger partial charge on any atom is -0.357 e. The molecule has 0 aliphatic carbocycles. The number of hydrogen-bond donors (Lipinski definition) is 1. The smallest absolute Gasteiger partial charge is 0.232 e. The standard InChI is InChI=1S/C12H22N6S/c1-5-9-8-18(6-7-19-9)12-15-10(13-2)14-11(16-12)17(3)4/h9H,5-8H2,1-4H3,(H,13,14,15,16). The van der Waals surface area contributed by atoms with Gasteiger partial charge >= 0.3 is 0 Å². The molecule has 19 heavy (non-hydrogen) atoms. The lowest BCUT2D eigenvalue weighted by molar-refractivity contribution is 0.706. The van der Waals surface area contributed by atoms with E-state index in [9.17, 15) is 0 Å². The van der Waals surface area contributed by atoms with Crippen molar-refractivity contribution in [1.29, 1.82) is 0 Å². The average Bonchev–Trinajstić information content (AvgIpc) is 2.46. The van der Waals surface area contributed by atoms with Crippen molar-refractivity contribution in [1.82, 2.24) is 15.0 Å². The van der Waals surface area contributed by atoms with Gasteiger partial charge in [-0.25, -0.2) is 0 Å². The molecule has 7 heteroatoms. The third-order valence-corrected chi connectivity index (χ3v) is 4.48. The number of nitrogens with zero attached hydrogens (tertiary/aromatic N) is 5. The molecule has 1 N–H and O–H groups in total. The molecule has 2 rings (SSSR count). The molecule has 0 saturated carbocycles. The Morgan fingerprint density at radius 3 is 2.79 bits per heavy atom. The largest absolute Gasteiger partial charge is 0.357 e. The van der Waals surface area contributed by atoms with Crippen molar-refractivity contribution in [3.05, 3.63) is 0 Å². The highest BCUT2D eigenvalue weighted by Crippen LogP contribution is 2.24. The van der Waals surface area contributed by atoms with Gasteiger partial charge in [-0.1, -0.05) is 6.92 Å². The zero-order chi connectivity index (χ0) is 13.8. The number of rotatable bonds is 4. The highest BCUT2D eigenvalue weighted by molar-refractivity contribution is 8.00. The zero-order valence-electron chi connectivity index (χ0n) is 12.1. The molecular weight excluding hydrogens is 260 g/mol. The molecule has 0 aromatic carbocycles. The van der Waals surface area contributed by atoms with Crippen molar-refractivity contribution >= 4 is 29.6 Å². The summed E-state index contributed by atoms with van der Waals surface area (Å²) in [7, 11) is 5.72. The van der Waals surface area contributed by atoms with Crippen molar-refractivity contribution in [2.75, 3.05) is 55.1 Å². The lowest BCUT2D eigenvalue weighted by Crippen LogP contribution is -2.39. The van der Waals surface area contributed by atoms with Gasteiger partial charge in [-0.2, -0.15) is 26.7 Å². The van der Waals surface area contributed by atoms with Crippen LogP contribution in [0.5, 0.6) is 0 Å². The van der Waals surface area contributed by atoms with Crippen LogP contribution < -0.4 is 15.1 Å². The summed E-state index contributed by atoms with van der Waals surface area (Å²) in [6.45, 7) is 4.25. The van der Waals surface area contributed by atoms with Crippen molar-refractivity contribution in [3.63, 3.8) is 0 Å². The van der Waals surface area contributed by atoms with Crippen LogP contribution in [0.25, 0.3) is 0 Å². The van der Waals surface area contributed by atoms with E-state index in [1.807, 2.05) is 37.8 Å². The minimum absolute atomic E-state index is 0.625. The Bertz CT molecular complexity index is 425. The summed E-state index contributed by atoms with van der Waals surface area (Å²) in [5.41, 5.74) is 0. The van der Waals surface area contributed by atoms with Gasteiger partial charge in [-0.15, -0.1) is 0 Å². The summed E-state index contributed by atoms with van der Waals surface area (Å²) in [4.78, 5) is 17.6. The number of hydrogen-bond acceptors (Lipinski definition) is 7. The van der Waals surface area contributed by atoms with Crippen molar-refractivity contribution < 1.29 is 0 Å². The molecule has 1 aliphatic rings. The van der Waals surface area contributed by atoms with E-state index in [1.54, 1.807) is 0 Å². The zero-order valence-corrected chi connectivity index (χ0v) is 12.9. The predicted molar refractivity (Wildman–Crippen MR) is 82.5 cm³/mol. The van der Waals surface area contributed by atoms with Crippen LogP contribution in [0.4, 0.5) is 17.8 Å². The highest BCUT2D eigenvalue weighted by Gasteiger charge is 2.22. The first-order valence-corrected chi connectivity index (χ1v) is 7.66. The fourth-order valence-corrected chi connectivity index (χ4v) is 3.14. The lowest BCUT2D eigenvalue weighted by atomic mass is 10.3. The first-order valence-electron chi connectivity index (χ1n) is 6.61. The molecule has 1 unspecified atom stereocenters. The van der Waals surface area contributed by atoms with Gasteiger partial charge in [0.2, 0.25) is 17.8 Å². The van der Waals surface area contributed by atoms with Crippen LogP contribution in [0.2, 0.25) is 0 Å². The van der Waals surface area contributed by atoms with E-state index in [0.717, 1.165) is 24.8 Å². The average molecular weight is 282 g/mol. The third-order valence-electron chi connectivity index (χ3n) is 3.11. The second-order valence-corrected chi connectivity index (χ2v) is 6.16. The Balaban J connectivity index is 2.25.